The van der Waals surface area contributed by atoms with Gasteiger partial charge in [-0.25, -0.2) is 27.2 Å². The van der Waals surface area contributed by atoms with E-state index in [2.05, 4.69) is 9.97 Å². The highest BCUT2D eigenvalue weighted by molar-refractivity contribution is 7.90. The van der Waals surface area contributed by atoms with Crippen molar-refractivity contribution < 1.29 is 17.9 Å². The maximum Gasteiger partial charge on any atom is 0.356 e. The third kappa shape index (κ3) is 2.63. The summed E-state index contributed by atoms with van der Waals surface area (Å²) in [5, 5.41) is 0.300. The summed E-state index contributed by atoms with van der Waals surface area (Å²) < 4.78 is 31.8. The molecule has 3 rings (SSSR count). The van der Waals surface area contributed by atoms with Gasteiger partial charge in [-0.2, -0.15) is 0 Å². The fourth-order valence-corrected chi connectivity index (χ4v) is 3.90. The number of rotatable bonds is 4. The van der Waals surface area contributed by atoms with E-state index in [1.165, 1.54) is 18.2 Å². The molecule has 24 heavy (non-hydrogen) atoms. The smallest absolute Gasteiger partial charge is 0.356 e. The summed E-state index contributed by atoms with van der Waals surface area (Å²) in [7, 11) is -4.07. The number of halogens is 1. The van der Waals surface area contributed by atoms with Crippen molar-refractivity contribution in [2.45, 2.75) is 11.8 Å². The van der Waals surface area contributed by atoms with Gasteiger partial charge in [-0.15, -0.1) is 0 Å². The van der Waals surface area contributed by atoms with Crippen molar-refractivity contribution in [1.29, 1.82) is 0 Å². The van der Waals surface area contributed by atoms with Crippen LogP contribution < -0.4 is 0 Å². The van der Waals surface area contributed by atoms with Gasteiger partial charge in [-0.3, -0.25) is 0 Å². The molecule has 7 nitrogen and oxygen atoms in total. The van der Waals surface area contributed by atoms with Crippen LogP contribution in [0.5, 0.6) is 0 Å². The van der Waals surface area contributed by atoms with Crippen LogP contribution in [-0.4, -0.2) is 34.9 Å². The van der Waals surface area contributed by atoms with Crippen LogP contribution in [0.15, 0.2) is 47.6 Å². The molecular formula is C15H12ClN3O4S. The Kier molecular flexibility index (Phi) is 4.25. The molecule has 0 saturated carbocycles. The van der Waals surface area contributed by atoms with Crippen molar-refractivity contribution in [2.24, 2.45) is 0 Å². The predicted molar refractivity (Wildman–Crippen MR) is 87.5 cm³/mol. The molecule has 2 heterocycles. The van der Waals surface area contributed by atoms with E-state index in [9.17, 15) is 13.2 Å². The highest BCUT2D eigenvalue weighted by Crippen LogP contribution is 2.28. The van der Waals surface area contributed by atoms with E-state index in [0.717, 1.165) is 10.3 Å². The Morgan fingerprint density at radius 3 is 2.62 bits per heavy atom. The third-order valence-electron chi connectivity index (χ3n) is 3.27. The van der Waals surface area contributed by atoms with Crippen molar-refractivity contribution in [1.82, 2.24) is 13.9 Å². The molecule has 0 amide bonds. The summed E-state index contributed by atoms with van der Waals surface area (Å²) >= 11 is 6.01. The Hall–Kier alpha value is -2.45. The fourth-order valence-electron chi connectivity index (χ4n) is 2.25. The van der Waals surface area contributed by atoms with E-state index >= 15 is 0 Å². The largest absolute Gasteiger partial charge is 0.461 e. The van der Waals surface area contributed by atoms with Gasteiger partial charge >= 0.3 is 5.97 Å². The summed E-state index contributed by atoms with van der Waals surface area (Å²) in [5.74, 6) is -0.786. The molecule has 0 N–H and O–H groups in total. The van der Waals surface area contributed by atoms with Crippen LogP contribution in [0.4, 0.5) is 0 Å². The van der Waals surface area contributed by atoms with Gasteiger partial charge in [0.25, 0.3) is 10.0 Å². The summed E-state index contributed by atoms with van der Waals surface area (Å²) in [6.45, 7) is 1.73. The summed E-state index contributed by atoms with van der Waals surface area (Å²) in [6.07, 6.45) is 1.14. The van der Waals surface area contributed by atoms with Crippen LogP contribution in [0.3, 0.4) is 0 Å². The Bertz CT molecular complexity index is 1020. The molecule has 0 spiro atoms. The zero-order valence-corrected chi connectivity index (χ0v) is 14.1. The lowest BCUT2D eigenvalue weighted by Gasteiger charge is -2.10. The molecule has 0 aliphatic rings. The second-order valence-corrected chi connectivity index (χ2v) is 6.88. The van der Waals surface area contributed by atoms with Gasteiger partial charge in [0.05, 0.1) is 16.9 Å². The van der Waals surface area contributed by atoms with Gasteiger partial charge < -0.3 is 4.74 Å². The quantitative estimate of drug-likeness (QED) is 0.521. The van der Waals surface area contributed by atoms with Crippen LogP contribution in [0.1, 0.15) is 17.4 Å². The Balaban J connectivity index is 2.35. The van der Waals surface area contributed by atoms with Crippen molar-refractivity contribution in [3.8, 4) is 0 Å². The Morgan fingerprint density at radius 2 is 1.96 bits per heavy atom. The molecule has 0 aliphatic carbocycles. The summed E-state index contributed by atoms with van der Waals surface area (Å²) in [4.78, 5) is 20.0. The monoisotopic (exact) mass is 365 g/mol. The number of carbonyl (C=O) groups excluding carboxylic acids is 1. The molecule has 3 aromatic rings. The minimum absolute atomic E-state index is 0.0157. The first-order chi connectivity index (χ1) is 11.5. The third-order valence-corrected chi connectivity index (χ3v) is 5.29. The maximum absolute atomic E-state index is 13.0. The molecule has 0 bridgehead atoms. The molecule has 0 radical (unpaired) electrons. The average molecular weight is 366 g/mol. The van der Waals surface area contributed by atoms with E-state index < -0.39 is 16.0 Å². The molecule has 124 valence electrons. The number of benzene rings is 1. The van der Waals surface area contributed by atoms with E-state index in [1.54, 1.807) is 25.1 Å². The van der Waals surface area contributed by atoms with Crippen LogP contribution in [0.2, 0.25) is 5.15 Å². The van der Waals surface area contributed by atoms with E-state index in [4.69, 9.17) is 16.3 Å². The second-order valence-electron chi connectivity index (χ2n) is 4.73. The van der Waals surface area contributed by atoms with Crippen molar-refractivity contribution in [3.63, 3.8) is 0 Å². The molecule has 0 fully saturated rings. The fraction of sp³-hybridized carbons (Fsp3) is 0.133. The average Bonchev–Trinajstić information content (AvgIpc) is 2.98. The Morgan fingerprint density at radius 1 is 1.25 bits per heavy atom. The molecule has 9 heteroatoms. The molecule has 0 aliphatic heterocycles. The maximum atomic E-state index is 13.0. The molecule has 0 unspecified atom stereocenters. The SMILES string of the molecule is CCOC(=O)c1cc2c(Cl)ncnc2n1S(=O)(=O)c1ccccc1. The number of fused-ring (bicyclic) bond motifs is 1. The summed E-state index contributed by atoms with van der Waals surface area (Å²) in [6, 6.07) is 9.04. The molecule has 1 aromatic carbocycles. The highest BCUT2D eigenvalue weighted by Gasteiger charge is 2.28. The first kappa shape index (κ1) is 16.4. The van der Waals surface area contributed by atoms with Crippen LogP contribution in [0, 0.1) is 0 Å². The van der Waals surface area contributed by atoms with Gasteiger partial charge in [0, 0.05) is 0 Å². The van der Waals surface area contributed by atoms with Crippen LogP contribution in [0.25, 0.3) is 11.0 Å². The van der Waals surface area contributed by atoms with Gasteiger partial charge in [0.15, 0.2) is 5.65 Å². The van der Waals surface area contributed by atoms with E-state index in [-0.39, 0.29) is 33.4 Å². The number of nitrogens with zero attached hydrogens (tertiary/aromatic N) is 3. The summed E-state index contributed by atoms with van der Waals surface area (Å²) in [5.41, 5.74) is -0.167. The highest BCUT2D eigenvalue weighted by atomic mass is 35.5. The number of carbonyl (C=O) groups is 1. The van der Waals surface area contributed by atoms with Gasteiger partial charge in [0.2, 0.25) is 0 Å². The zero-order chi connectivity index (χ0) is 17.3. The molecule has 0 saturated heterocycles. The minimum Gasteiger partial charge on any atom is -0.461 e. The van der Waals surface area contributed by atoms with Crippen molar-refractivity contribution in [3.05, 3.63) is 53.6 Å². The van der Waals surface area contributed by atoms with Crippen molar-refractivity contribution in [2.75, 3.05) is 6.61 Å². The number of esters is 1. The lowest BCUT2D eigenvalue weighted by Crippen LogP contribution is -2.20. The number of aromatic nitrogens is 3. The number of hydrogen-bond acceptors (Lipinski definition) is 6. The first-order valence-electron chi connectivity index (χ1n) is 6.96. The first-order valence-corrected chi connectivity index (χ1v) is 8.78. The lowest BCUT2D eigenvalue weighted by molar-refractivity contribution is 0.0518. The minimum atomic E-state index is -4.07. The second kappa shape index (κ2) is 6.21. The Labute approximate surface area is 142 Å². The standard InChI is InChI=1S/C15H12ClN3O4S/c1-2-23-15(20)12-8-11-13(16)17-9-18-14(11)19(12)24(21,22)10-6-4-3-5-7-10/h3-9H,2H2,1H3. The van der Waals surface area contributed by atoms with Gasteiger partial charge in [0.1, 0.15) is 17.2 Å². The van der Waals surface area contributed by atoms with Crippen LogP contribution >= 0.6 is 11.6 Å². The van der Waals surface area contributed by atoms with E-state index in [0.29, 0.717) is 0 Å². The number of hydrogen-bond donors (Lipinski definition) is 0. The molecule has 0 atom stereocenters. The number of ether oxygens (including phenoxy) is 1. The predicted octanol–water partition coefficient (Wildman–Crippen LogP) is 2.50. The van der Waals surface area contributed by atoms with E-state index in [1.807, 2.05) is 0 Å². The topological polar surface area (TPSA) is 91.2 Å². The zero-order valence-electron chi connectivity index (χ0n) is 12.5. The van der Waals surface area contributed by atoms with Gasteiger partial charge in [-0.1, -0.05) is 29.8 Å². The lowest BCUT2D eigenvalue weighted by atomic mass is 10.3. The van der Waals surface area contributed by atoms with Gasteiger partial charge in [-0.05, 0) is 25.1 Å². The normalized spacial score (nSPS) is 11.6. The molecular weight excluding hydrogens is 354 g/mol. The molecule has 2 aromatic heterocycles. The van der Waals surface area contributed by atoms with Crippen LogP contribution in [-0.2, 0) is 14.8 Å². The van der Waals surface area contributed by atoms with Crippen molar-refractivity contribution >= 4 is 38.6 Å².